The van der Waals surface area contributed by atoms with Crippen molar-refractivity contribution in [2.24, 2.45) is 0 Å². The Morgan fingerprint density at radius 1 is 1.10 bits per heavy atom. The van der Waals surface area contributed by atoms with Crippen molar-refractivity contribution in [2.75, 3.05) is 5.43 Å². The van der Waals surface area contributed by atoms with Gasteiger partial charge in [-0.15, -0.1) is 0 Å². The number of para-hydroxylation sites is 1. The average molecular weight is 413 g/mol. The van der Waals surface area contributed by atoms with Crippen molar-refractivity contribution in [3.8, 4) is 5.69 Å². The number of carbonyl (C=O) groups is 1. The zero-order valence-corrected chi connectivity index (χ0v) is 15.5. The van der Waals surface area contributed by atoms with E-state index in [-0.39, 0.29) is 11.3 Å². The standard InChI is InChI=1S/C20H14F3N5O2/c1-12-16(10-25-28(12)14-6-4-5-13(9-14)20(21,22)23)18(29)26-27-11-24-17-8-3-2-7-15(17)19(27)30/h2-11H,1H3,(H,26,29). The van der Waals surface area contributed by atoms with Gasteiger partial charge in [-0.1, -0.05) is 18.2 Å². The molecule has 152 valence electrons. The van der Waals surface area contributed by atoms with E-state index in [0.29, 0.717) is 16.6 Å². The molecule has 0 radical (unpaired) electrons. The van der Waals surface area contributed by atoms with Gasteiger partial charge in [0.25, 0.3) is 11.5 Å². The Hall–Kier alpha value is -3.95. The maximum atomic E-state index is 13.0. The van der Waals surface area contributed by atoms with E-state index in [2.05, 4.69) is 15.5 Å². The van der Waals surface area contributed by atoms with E-state index in [4.69, 9.17) is 0 Å². The molecule has 0 aliphatic carbocycles. The second-order valence-electron chi connectivity index (χ2n) is 6.48. The Balaban J connectivity index is 1.65. The number of rotatable bonds is 3. The van der Waals surface area contributed by atoms with Crippen LogP contribution in [-0.2, 0) is 6.18 Å². The van der Waals surface area contributed by atoms with Crippen LogP contribution in [0.2, 0.25) is 0 Å². The molecule has 0 fully saturated rings. The van der Waals surface area contributed by atoms with E-state index in [1.165, 1.54) is 29.3 Å². The third kappa shape index (κ3) is 3.43. The number of benzene rings is 2. The number of hydrogen-bond acceptors (Lipinski definition) is 4. The quantitative estimate of drug-likeness (QED) is 0.559. The van der Waals surface area contributed by atoms with Gasteiger partial charge in [0.2, 0.25) is 0 Å². The SMILES string of the molecule is Cc1c(C(=O)Nn2cnc3ccccc3c2=O)cnn1-c1cccc(C(F)(F)F)c1. The molecule has 10 heteroatoms. The summed E-state index contributed by atoms with van der Waals surface area (Å²) >= 11 is 0. The molecular formula is C20H14F3N5O2. The molecule has 0 aliphatic heterocycles. The number of halogens is 3. The predicted molar refractivity (Wildman–Crippen MR) is 103 cm³/mol. The lowest BCUT2D eigenvalue weighted by Crippen LogP contribution is -2.33. The summed E-state index contributed by atoms with van der Waals surface area (Å²) in [6.07, 6.45) is -2.08. The molecule has 0 unspecified atom stereocenters. The molecule has 1 N–H and O–H groups in total. The Morgan fingerprint density at radius 2 is 1.87 bits per heavy atom. The van der Waals surface area contributed by atoms with Crippen molar-refractivity contribution >= 4 is 16.8 Å². The Labute approximate surface area is 167 Å². The fraction of sp³-hybridized carbons (Fsp3) is 0.100. The Kier molecular flexibility index (Phi) is 4.61. The van der Waals surface area contributed by atoms with E-state index in [9.17, 15) is 22.8 Å². The van der Waals surface area contributed by atoms with Crippen LogP contribution in [0.25, 0.3) is 16.6 Å². The zero-order chi connectivity index (χ0) is 21.5. The largest absolute Gasteiger partial charge is 0.416 e. The highest BCUT2D eigenvalue weighted by Crippen LogP contribution is 2.30. The maximum Gasteiger partial charge on any atom is 0.416 e. The number of nitrogens with one attached hydrogen (secondary N) is 1. The normalized spacial score (nSPS) is 11.6. The molecule has 30 heavy (non-hydrogen) atoms. The van der Waals surface area contributed by atoms with Gasteiger partial charge in [-0.05, 0) is 37.3 Å². The van der Waals surface area contributed by atoms with Crippen LogP contribution in [0.3, 0.4) is 0 Å². The molecule has 4 rings (SSSR count). The van der Waals surface area contributed by atoms with Gasteiger partial charge in [-0.25, -0.2) is 14.3 Å². The molecule has 0 atom stereocenters. The van der Waals surface area contributed by atoms with Crippen LogP contribution in [0, 0.1) is 6.92 Å². The van der Waals surface area contributed by atoms with Gasteiger partial charge in [0.05, 0.1) is 39.6 Å². The van der Waals surface area contributed by atoms with E-state index in [1.54, 1.807) is 31.2 Å². The number of amides is 1. The van der Waals surface area contributed by atoms with Crippen LogP contribution >= 0.6 is 0 Å². The summed E-state index contributed by atoms with van der Waals surface area (Å²) in [5, 5.41) is 4.36. The van der Waals surface area contributed by atoms with Crippen LogP contribution in [0.4, 0.5) is 13.2 Å². The number of hydrogen-bond donors (Lipinski definition) is 1. The van der Waals surface area contributed by atoms with Crippen molar-refractivity contribution in [1.29, 1.82) is 0 Å². The Bertz CT molecular complexity index is 1320. The van der Waals surface area contributed by atoms with Crippen LogP contribution in [0.15, 0.2) is 65.8 Å². The first-order valence-electron chi connectivity index (χ1n) is 8.76. The van der Waals surface area contributed by atoms with Gasteiger partial charge in [0, 0.05) is 0 Å². The highest BCUT2D eigenvalue weighted by Gasteiger charge is 2.30. The first-order chi connectivity index (χ1) is 14.3. The number of nitrogens with zero attached hydrogens (tertiary/aromatic N) is 4. The summed E-state index contributed by atoms with van der Waals surface area (Å²) in [5.41, 5.74) is 2.21. The molecule has 7 nitrogen and oxygen atoms in total. The number of carbonyl (C=O) groups excluding carboxylic acids is 1. The second kappa shape index (κ2) is 7.14. The van der Waals surface area contributed by atoms with Crippen molar-refractivity contribution in [3.63, 3.8) is 0 Å². The molecule has 0 bridgehead atoms. The Morgan fingerprint density at radius 3 is 2.63 bits per heavy atom. The van der Waals surface area contributed by atoms with Crippen LogP contribution in [0.1, 0.15) is 21.6 Å². The number of fused-ring (bicyclic) bond motifs is 1. The maximum absolute atomic E-state index is 13.0. The topological polar surface area (TPSA) is 81.8 Å². The van der Waals surface area contributed by atoms with Crippen LogP contribution < -0.4 is 11.0 Å². The molecule has 0 saturated heterocycles. The highest BCUT2D eigenvalue weighted by atomic mass is 19.4. The fourth-order valence-electron chi connectivity index (χ4n) is 3.03. The van der Waals surface area contributed by atoms with Gasteiger partial charge in [-0.3, -0.25) is 15.0 Å². The predicted octanol–water partition coefficient (Wildman–Crippen LogP) is 3.29. The van der Waals surface area contributed by atoms with Crippen LogP contribution in [-0.4, -0.2) is 25.3 Å². The highest BCUT2D eigenvalue weighted by molar-refractivity contribution is 6.00. The lowest BCUT2D eigenvalue weighted by Gasteiger charge is -2.11. The molecule has 2 aromatic heterocycles. The third-order valence-corrected chi connectivity index (χ3v) is 4.56. The molecule has 0 aliphatic rings. The van der Waals surface area contributed by atoms with Gasteiger partial charge in [0.1, 0.15) is 6.33 Å². The molecule has 1 amide bonds. The summed E-state index contributed by atoms with van der Waals surface area (Å²) in [6.45, 7) is 1.55. The monoisotopic (exact) mass is 413 g/mol. The summed E-state index contributed by atoms with van der Waals surface area (Å²) in [5.74, 6) is -0.648. The number of alkyl halides is 3. The third-order valence-electron chi connectivity index (χ3n) is 4.56. The summed E-state index contributed by atoms with van der Waals surface area (Å²) in [4.78, 5) is 29.3. The summed E-state index contributed by atoms with van der Waals surface area (Å²) in [7, 11) is 0. The van der Waals surface area contributed by atoms with Crippen LogP contribution in [0.5, 0.6) is 0 Å². The van der Waals surface area contributed by atoms with Gasteiger partial charge >= 0.3 is 6.18 Å². The molecule has 0 spiro atoms. The second-order valence-corrected chi connectivity index (χ2v) is 6.48. The molecule has 2 heterocycles. The minimum atomic E-state index is -4.50. The number of aromatic nitrogens is 4. The first kappa shape index (κ1) is 19.4. The molecule has 2 aromatic carbocycles. The molecule has 0 saturated carbocycles. The van der Waals surface area contributed by atoms with Crippen molar-refractivity contribution in [3.05, 3.63) is 88.2 Å². The molecule has 4 aromatic rings. The molecular weight excluding hydrogens is 399 g/mol. The van der Waals surface area contributed by atoms with E-state index in [1.807, 2.05) is 0 Å². The zero-order valence-electron chi connectivity index (χ0n) is 15.5. The lowest BCUT2D eigenvalue weighted by molar-refractivity contribution is -0.137. The first-order valence-corrected chi connectivity index (χ1v) is 8.76. The lowest BCUT2D eigenvalue weighted by atomic mass is 10.2. The minimum Gasteiger partial charge on any atom is -0.267 e. The van der Waals surface area contributed by atoms with E-state index in [0.717, 1.165) is 16.8 Å². The summed E-state index contributed by atoms with van der Waals surface area (Å²) in [6, 6.07) is 11.3. The minimum absolute atomic E-state index is 0.104. The summed E-state index contributed by atoms with van der Waals surface area (Å²) < 4.78 is 41.1. The van der Waals surface area contributed by atoms with Crippen molar-refractivity contribution < 1.29 is 18.0 Å². The van der Waals surface area contributed by atoms with E-state index >= 15 is 0 Å². The smallest absolute Gasteiger partial charge is 0.267 e. The van der Waals surface area contributed by atoms with E-state index < -0.39 is 23.2 Å². The van der Waals surface area contributed by atoms with Crippen molar-refractivity contribution in [1.82, 2.24) is 19.4 Å². The van der Waals surface area contributed by atoms with Gasteiger partial charge < -0.3 is 0 Å². The van der Waals surface area contributed by atoms with Gasteiger partial charge in [-0.2, -0.15) is 18.3 Å². The average Bonchev–Trinajstić information content (AvgIpc) is 3.11. The van der Waals surface area contributed by atoms with Gasteiger partial charge in [0.15, 0.2) is 0 Å². The van der Waals surface area contributed by atoms with Crippen molar-refractivity contribution in [2.45, 2.75) is 13.1 Å². The fourth-order valence-corrected chi connectivity index (χ4v) is 3.03.